The summed E-state index contributed by atoms with van der Waals surface area (Å²) in [5, 5.41) is 2.45. The predicted octanol–water partition coefficient (Wildman–Crippen LogP) is 3.48. The maximum absolute atomic E-state index is 6.95. The minimum atomic E-state index is -2.64. The minimum Gasteiger partial charge on any atom is -0.433 e. The van der Waals surface area contributed by atoms with E-state index in [1.54, 1.807) is 0 Å². The van der Waals surface area contributed by atoms with Crippen molar-refractivity contribution in [2.75, 3.05) is 0 Å². The van der Waals surface area contributed by atoms with Crippen LogP contribution in [0.5, 0.6) is 0 Å². The average Bonchev–Trinajstić information content (AvgIpc) is 2.55. The van der Waals surface area contributed by atoms with Gasteiger partial charge in [0, 0.05) is 0 Å². The molecule has 0 aliphatic heterocycles. The van der Waals surface area contributed by atoms with E-state index in [4.69, 9.17) is 8.23 Å². The summed E-state index contributed by atoms with van der Waals surface area (Å²) in [4.78, 5) is 0. The fraction of sp³-hybridized carbons (Fsp3) is 0.333. The van der Waals surface area contributed by atoms with Crippen molar-refractivity contribution in [2.45, 2.75) is 39.2 Å². The van der Waals surface area contributed by atoms with Crippen molar-refractivity contribution in [1.82, 2.24) is 0 Å². The number of rotatable bonds is 7. The second kappa shape index (κ2) is 7.72. The van der Waals surface area contributed by atoms with E-state index in [9.17, 15) is 0 Å². The lowest BCUT2D eigenvalue weighted by atomic mass is 10.4. The first-order valence-corrected chi connectivity index (χ1v) is 16.1. The Hall–Kier alpha value is -0.989. The molecule has 0 spiro atoms. The molecule has 23 heavy (non-hydrogen) atoms. The lowest BCUT2D eigenvalue weighted by molar-refractivity contribution is 0.420. The fourth-order valence-electron chi connectivity index (χ4n) is 2.55. The van der Waals surface area contributed by atoms with Crippen molar-refractivity contribution in [3.8, 4) is 0 Å². The third-order valence-corrected chi connectivity index (χ3v) is 14.4. The highest BCUT2D eigenvalue weighted by Crippen LogP contribution is 2.20. The molecular weight excluding hydrogens is 332 g/mol. The van der Waals surface area contributed by atoms with E-state index in [1.807, 2.05) is 0 Å². The Bertz CT molecular complexity index is 561. The third kappa shape index (κ3) is 4.51. The normalized spacial score (nSPS) is 12.6. The van der Waals surface area contributed by atoms with Gasteiger partial charge in [-0.25, -0.2) is 0 Å². The van der Waals surface area contributed by atoms with Crippen LogP contribution in [0.15, 0.2) is 60.7 Å². The van der Waals surface area contributed by atoms with Gasteiger partial charge in [-0.2, -0.15) is 0 Å². The molecule has 0 N–H and O–H groups in total. The molecule has 0 saturated heterocycles. The summed E-state index contributed by atoms with van der Waals surface area (Å²) in [5.41, 5.74) is 0. The molecule has 0 bridgehead atoms. The van der Waals surface area contributed by atoms with Gasteiger partial charge in [-0.1, -0.05) is 67.6 Å². The molecule has 2 aromatic carbocycles. The summed E-state index contributed by atoms with van der Waals surface area (Å²) < 4.78 is 13.7. The fourth-order valence-corrected chi connectivity index (χ4v) is 13.2. The topological polar surface area (TPSA) is 18.5 Å². The average molecular weight is 361 g/mol. The highest BCUT2D eigenvalue weighted by Gasteiger charge is 2.46. The molecule has 0 aliphatic carbocycles. The Morgan fingerprint density at radius 2 is 1.26 bits per heavy atom. The minimum absolute atomic E-state index is 1.09. The highest BCUT2D eigenvalue weighted by atomic mass is 28.5. The molecule has 0 amide bonds. The zero-order valence-electron chi connectivity index (χ0n) is 14.9. The van der Waals surface area contributed by atoms with E-state index < -0.39 is 25.9 Å². The lowest BCUT2D eigenvalue weighted by Gasteiger charge is -2.39. The van der Waals surface area contributed by atoms with Gasteiger partial charge in [0.1, 0.15) is 0 Å². The van der Waals surface area contributed by atoms with Crippen LogP contribution in [0.3, 0.4) is 0 Å². The first-order chi connectivity index (χ1) is 10.9. The van der Waals surface area contributed by atoms with Crippen LogP contribution in [-0.4, -0.2) is 25.9 Å². The molecule has 0 radical (unpaired) electrons. The van der Waals surface area contributed by atoms with Gasteiger partial charge in [0.15, 0.2) is 17.4 Å². The molecule has 5 heteroatoms. The van der Waals surface area contributed by atoms with Crippen molar-refractivity contribution < 1.29 is 8.23 Å². The molecule has 2 aromatic rings. The standard InChI is InChI=1S/C18H28O2Si3/c1-6-22(4,5)20-23(19-21(2)3,17-13-9-7-10-14-17)18-15-11-8-12-16-18/h7-16,21H,6H2,1-5H3. The van der Waals surface area contributed by atoms with Gasteiger partial charge in [-0.05, 0) is 42.6 Å². The van der Waals surface area contributed by atoms with Crippen LogP contribution in [-0.2, 0) is 8.23 Å². The molecule has 0 aliphatic rings. The van der Waals surface area contributed by atoms with Crippen LogP contribution in [0.1, 0.15) is 6.92 Å². The molecule has 0 saturated carbocycles. The van der Waals surface area contributed by atoms with Crippen LogP contribution in [0.25, 0.3) is 0 Å². The van der Waals surface area contributed by atoms with Gasteiger partial charge in [-0.15, -0.1) is 0 Å². The SMILES string of the molecule is CC[Si](C)(C)O[Si](O[SiH](C)C)(c1ccccc1)c1ccccc1. The number of hydrogen-bond donors (Lipinski definition) is 0. The van der Waals surface area contributed by atoms with E-state index in [-0.39, 0.29) is 0 Å². The molecule has 2 rings (SSSR count). The van der Waals surface area contributed by atoms with Crippen LogP contribution in [0.2, 0.25) is 32.2 Å². The van der Waals surface area contributed by atoms with Crippen molar-refractivity contribution in [2.24, 2.45) is 0 Å². The van der Waals surface area contributed by atoms with E-state index in [0.29, 0.717) is 0 Å². The van der Waals surface area contributed by atoms with Crippen LogP contribution in [0.4, 0.5) is 0 Å². The first kappa shape index (κ1) is 18.4. The molecule has 124 valence electrons. The molecule has 0 heterocycles. The summed E-state index contributed by atoms with van der Waals surface area (Å²) in [6, 6.07) is 22.3. The summed E-state index contributed by atoms with van der Waals surface area (Å²) in [6.45, 7) is 11.3. The molecule has 0 atom stereocenters. The Kier molecular flexibility index (Phi) is 6.16. The van der Waals surface area contributed by atoms with Crippen molar-refractivity contribution >= 4 is 36.3 Å². The lowest BCUT2D eigenvalue weighted by Crippen LogP contribution is -2.68. The zero-order chi connectivity index (χ0) is 16.9. The molecule has 0 unspecified atom stereocenters. The summed E-state index contributed by atoms with van der Waals surface area (Å²) in [7, 11) is -5.71. The van der Waals surface area contributed by atoms with E-state index >= 15 is 0 Å². The summed E-state index contributed by atoms with van der Waals surface area (Å²) in [6.07, 6.45) is 0. The zero-order valence-corrected chi connectivity index (χ0v) is 18.0. The molecular formula is C18H28O2Si3. The van der Waals surface area contributed by atoms with E-state index in [0.717, 1.165) is 6.04 Å². The van der Waals surface area contributed by atoms with Crippen molar-refractivity contribution in [3.05, 3.63) is 60.7 Å². The monoisotopic (exact) mass is 360 g/mol. The van der Waals surface area contributed by atoms with E-state index in [1.165, 1.54) is 10.4 Å². The Balaban J connectivity index is 2.63. The van der Waals surface area contributed by atoms with Gasteiger partial charge in [0.25, 0.3) is 0 Å². The van der Waals surface area contributed by atoms with Gasteiger partial charge in [0.2, 0.25) is 0 Å². The Labute approximate surface area is 144 Å². The molecule has 2 nitrogen and oxygen atoms in total. The molecule has 0 aromatic heterocycles. The van der Waals surface area contributed by atoms with Crippen LogP contribution < -0.4 is 10.4 Å². The Morgan fingerprint density at radius 1 is 0.826 bits per heavy atom. The predicted molar refractivity (Wildman–Crippen MR) is 107 cm³/mol. The number of benzene rings is 2. The van der Waals surface area contributed by atoms with Crippen molar-refractivity contribution in [1.29, 1.82) is 0 Å². The highest BCUT2D eigenvalue weighted by molar-refractivity contribution is 7.00. The van der Waals surface area contributed by atoms with E-state index in [2.05, 4.69) is 93.8 Å². The number of hydrogen-bond acceptors (Lipinski definition) is 2. The first-order valence-electron chi connectivity index (χ1n) is 8.38. The Morgan fingerprint density at radius 3 is 1.61 bits per heavy atom. The quantitative estimate of drug-likeness (QED) is 0.704. The van der Waals surface area contributed by atoms with Gasteiger partial charge >= 0.3 is 8.56 Å². The summed E-state index contributed by atoms with van der Waals surface area (Å²) >= 11 is 0. The van der Waals surface area contributed by atoms with Gasteiger partial charge in [-0.3, -0.25) is 0 Å². The smallest absolute Gasteiger partial charge is 0.386 e. The third-order valence-electron chi connectivity index (χ3n) is 3.98. The maximum atomic E-state index is 6.95. The van der Waals surface area contributed by atoms with Gasteiger partial charge < -0.3 is 8.23 Å². The maximum Gasteiger partial charge on any atom is 0.386 e. The second-order valence-corrected chi connectivity index (χ2v) is 17.2. The molecule has 0 fully saturated rings. The van der Waals surface area contributed by atoms with Gasteiger partial charge in [0.05, 0.1) is 0 Å². The van der Waals surface area contributed by atoms with Crippen LogP contribution >= 0.6 is 0 Å². The summed E-state index contributed by atoms with van der Waals surface area (Å²) in [5.74, 6) is 0. The second-order valence-electron chi connectivity index (χ2n) is 6.73. The van der Waals surface area contributed by atoms with Crippen LogP contribution in [0, 0.1) is 0 Å². The van der Waals surface area contributed by atoms with Crippen molar-refractivity contribution in [3.63, 3.8) is 0 Å². The largest absolute Gasteiger partial charge is 0.433 e.